The van der Waals surface area contributed by atoms with E-state index in [9.17, 15) is 4.79 Å². The highest BCUT2D eigenvalue weighted by Gasteiger charge is 2.18. The van der Waals surface area contributed by atoms with Crippen LogP contribution in [0.5, 0.6) is 11.6 Å². The molecule has 0 atom stereocenters. The Morgan fingerprint density at radius 1 is 1.25 bits per heavy atom. The van der Waals surface area contributed by atoms with Crippen LogP contribution in [0.15, 0.2) is 34.8 Å². The first-order valence-corrected chi connectivity index (χ1v) is 8.64. The summed E-state index contributed by atoms with van der Waals surface area (Å²) in [7, 11) is 0. The molecule has 1 aliphatic rings. The number of rotatable bonds is 4. The Labute approximate surface area is 152 Å². The maximum Gasteiger partial charge on any atom is 0.272 e. The Morgan fingerprint density at radius 2 is 2.04 bits per heavy atom. The molecule has 1 aromatic heterocycles. The van der Waals surface area contributed by atoms with Crippen molar-refractivity contribution in [2.45, 2.75) is 18.9 Å². The van der Waals surface area contributed by atoms with Gasteiger partial charge in [0.2, 0.25) is 5.88 Å². The molecule has 6 nitrogen and oxygen atoms in total. The average Bonchev–Trinajstić information content (AvgIpc) is 2.60. The molecule has 0 radical (unpaired) electrons. The van der Waals surface area contributed by atoms with Gasteiger partial charge in [0.25, 0.3) is 5.91 Å². The van der Waals surface area contributed by atoms with Gasteiger partial charge >= 0.3 is 0 Å². The highest BCUT2D eigenvalue weighted by molar-refractivity contribution is 9.10. The van der Waals surface area contributed by atoms with E-state index in [-0.39, 0.29) is 23.5 Å². The van der Waals surface area contributed by atoms with Gasteiger partial charge in [0.15, 0.2) is 5.69 Å². The number of nitrogens with zero attached hydrogens (tertiary/aromatic N) is 2. The number of aromatic nitrogens is 2. The first-order valence-electron chi connectivity index (χ1n) is 7.47. The molecule has 24 heavy (non-hydrogen) atoms. The van der Waals surface area contributed by atoms with Crippen molar-refractivity contribution in [2.24, 2.45) is 0 Å². The van der Waals surface area contributed by atoms with Crippen LogP contribution >= 0.6 is 27.5 Å². The molecule has 0 aliphatic carbocycles. The predicted molar refractivity (Wildman–Crippen MR) is 92.6 cm³/mol. The quantitative estimate of drug-likeness (QED) is 0.831. The SMILES string of the molecule is O=C(NC1CCOCC1)c1ccc(Oc2cc(Br)ccc2Cl)nn1. The molecule has 1 aromatic carbocycles. The summed E-state index contributed by atoms with van der Waals surface area (Å²) in [5, 5.41) is 11.2. The van der Waals surface area contributed by atoms with Gasteiger partial charge in [-0.25, -0.2) is 0 Å². The van der Waals surface area contributed by atoms with Crippen molar-refractivity contribution in [1.82, 2.24) is 15.5 Å². The van der Waals surface area contributed by atoms with Gasteiger partial charge in [-0.15, -0.1) is 10.2 Å². The Hall–Kier alpha value is -1.70. The molecule has 0 bridgehead atoms. The van der Waals surface area contributed by atoms with Crippen LogP contribution in [0.25, 0.3) is 0 Å². The third-order valence-electron chi connectivity index (χ3n) is 3.54. The first-order chi connectivity index (χ1) is 11.6. The van der Waals surface area contributed by atoms with Gasteiger partial charge in [0.05, 0.1) is 5.02 Å². The van der Waals surface area contributed by atoms with Crippen LogP contribution in [0.1, 0.15) is 23.3 Å². The second-order valence-electron chi connectivity index (χ2n) is 5.29. The molecular weight excluding hydrogens is 398 g/mol. The summed E-state index contributed by atoms with van der Waals surface area (Å²) < 4.78 is 11.7. The molecule has 3 rings (SSSR count). The van der Waals surface area contributed by atoms with Crippen LogP contribution in [0.2, 0.25) is 5.02 Å². The van der Waals surface area contributed by atoms with E-state index in [4.69, 9.17) is 21.1 Å². The van der Waals surface area contributed by atoms with E-state index in [2.05, 4.69) is 31.4 Å². The van der Waals surface area contributed by atoms with E-state index in [1.54, 1.807) is 24.3 Å². The molecule has 8 heteroatoms. The highest BCUT2D eigenvalue weighted by atomic mass is 79.9. The summed E-state index contributed by atoms with van der Waals surface area (Å²) in [6.07, 6.45) is 1.61. The normalized spacial score (nSPS) is 15.1. The number of hydrogen-bond acceptors (Lipinski definition) is 5. The summed E-state index contributed by atoms with van der Waals surface area (Å²) in [6, 6.07) is 8.53. The van der Waals surface area contributed by atoms with Crippen molar-refractivity contribution < 1.29 is 14.3 Å². The van der Waals surface area contributed by atoms with Crippen molar-refractivity contribution in [3.63, 3.8) is 0 Å². The lowest BCUT2D eigenvalue weighted by atomic mass is 10.1. The van der Waals surface area contributed by atoms with E-state index < -0.39 is 0 Å². The number of benzene rings is 1. The number of carbonyl (C=O) groups excluding carboxylic acids is 1. The number of ether oxygens (including phenoxy) is 2. The molecule has 1 fully saturated rings. The standard InChI is InChI=1S/C16H15BrClN3O3/c17-10-1-2-12(18)14(9-10)24-15-4-3-13(20-21-15)16(22)19-11-5-7-23-8-6-11/h1-4,9,11H,5-8H2,(H,19,22). The maximum atomic E-state index is 12.2. The molecule has 1 N–H and O–H groups in total. The van der Waals surface area contributed by atoms with E-state index in [0.29, 0.717) is 24.0 Å². The van der Waals surface area contributed by atoms with E-state index in [0.717, 1.165) is 17.3 Å². The number of carbonyl (C=O) groups is 1. The monoisotopic (exact) mass is 411 g/mol. The highest BCUT2D eigenvalue weighted by Crippen LogP contribution is 2.31. The number of nitrogens with one attached hydrogen (secondary N) is 1. The van der Waals surface area contributed by atoms with Crippen molar-refractivity contribution in [3.8, 4) is 11.6 Å². The molecule has 1 amide bonds. The largest absolute Gasteiger partial charge is 0.436 e. The molecular formula is C16H15BrClN3O3. The second-order valence-corrected chi connectivity index (χ2v) is 6.62. The van der Waals surface area contributed by atoms with Crippen molar-refractivity contribution in [1.29, 1.82) is 0 Å². The fourth-order valence-corrected chi connectivity index (χ4v) is 2.76. The number of halogens is 2. The summed E-state index contributed by atoms with van der Waals surface area (Å²) in [4.78, 5) is 12.2. The van der Waals surface area contributed by atoms with Gasteiger partial charge < -0.3 is 14.8 Å². The average molecular weight is 413 g/mol. The summed E-state index contributed by atoms with van der Waals surface area (Å²) >= 11 is 9.42. The third-order valence-corrected chi connectivity index (χ3v) is 4.34. The Balaban J connectivity index is 1.64. The van der Waals surface area contributed by atoms with Crippen LogP contribution in [-0.2, 0) is 4.74 Å². The lowest BCUT2D eigenvalue weighted by Gasteiger charge is -2.22. The molecule has 2 aromatic rings. The lowest BCUT2D eigenvalue weighted by molar-refractivity contribution is 0.0693. The Bertz CT molecular complexity index is 721. The van der Waals surface area contributed by atoms with Crippen LogP contribution < -0.4 is 10.1 Å². The minimum absolute atomic E-state index is 0.115. The van der Waals surface area contributed by atoms with E-state index in [1.807, 2.05) is 6.07 Å². The zero-order valence-corrected chi connectivity index (χ0v) is 15.0. The van der Waals surface area contributed by atoms with Crippen LogP contribution in [0, 0.1) is 0 Å². The summed E-state index contributed by atoms with van der Waals surface area (Å²) in [5.74, 6) is 0.471. The molecule has 126 valence electrons. The minimum atomic E-state index is -0.249. The minimum Gasteiger partial charge on any atom is -0.436 e. The van der Waals surface area contributed by atoms with Crippen molar-refractivity contribution in [2.75, 3.05) is 13.2 Å². The fourth-order valence-electron chi connectivity index (χ4n) is 2.26. The van der Waals surface area contributed by atoms with Gasteiger partial charge in [-0.05, 0) is 37.1 Å². The molecule has 0 unspecified atom stereocenters. The molecule has 2 heterocycles. The van der Waals surface area contributed by atoms with Gasteiger partial charge in [-0.1, -0.05) is 27.5 Å². The van der Waals surface area contributed by atoms with Crippen LogP contribution in [0.4, 0.5) is 0 Å². The second kappa shape index (κ2) is 7.92. The third kappa shape index (κ3) is 4.43. The molecule has 1 saturated heterocycles. The number of amides is 1. The van der Waals surface area contributed by atoms with Gasteiger partial charge in [0.1, 0.15) is 5.75 Å². The van der Waals surface area contributed by atoms with Crippen molar-refractivity contribution in [3.05, 3.63) is 45.5 Å². The van der Waals surface area contributed by atoms with Crippen LogP contribution in [0.3, 0.4) is 0 Å². The van der Waals surface area contributed by atoms with Crippen LogP contribution in [-0.4, -0.2) is 35.4 Å². The summed E-state index contributed by atoms with van der Waals surface area (Å²) in [5.41, 5.74) is 0.245. The van der Waals surface area contributed by atoms with E-state index >= 15 is 0 Å². The first kappa shape index (κ1) is 17.1. The van der Waals surface area contributed by atoms with Gasteiger partial charge in [0, 0.05) is 29.8 Å². The van der Waals surface area contributed by atoms with E-state index in [1.165, 1.54) is 0 Å². The molecule has 0 spiro atoms. The number of hydrogen-bond donors (Lipinski definition) is 1. The maximum absolute atomic E-state index is 12.2. The topological polar surface area (TPSA) is 73.3 Å². The summed E-state index contributed by atoms with van der Waals surface area (Å²) in [6.45, 7) is 1.33. The Morgan fingerprint density at radius 3 is 2.75 bits per heavy atom. The zero-order valence-electron chi connectivity index (χ0n) is 12.7. The smallest absolute Gasteiger partial charge is 0.272 e. The van der Waals surface area contributed by atoms with Gasteiger partial charge in [-0.3, -0.25) is 4.79 Å². The predicted octanol–water partition coefficient (Wildman–Crippen LogP) is 3.59. The van der Waals surface area contributed by atoms with Crippen molar-refractivity contribution >= 4 is 33.4 Å². The zero-order chi connectivity index (χ0) is 16.9. The Kier molecular flexibility index (Phi) is 5.65. The molecule has 0 saturated carbocycles. The molecule has 1 aliphatic heterocycles. The van der Waals surface area contributed by atoms with Gasteiger partial charge in [-0.2, -0.15) is 0 Å². The fraction of sp³-hybridized carbons (Fsp3) is 0.312. The lowest BCUT2D eigenvalue weighted by Crippen LogP contribution is -2.39.